The number of nitrogens with one attached hydrogen (secondary N) is 3. The van der Waals surface area contributed by atoms with Gasteiger partial charge in [0, 0.05) is 69.4 Å². The first kappa shape index (κ1) is 66.4. The molecule has 0 bridgehead atoms. The average Bonchev–Trinajstić information content (AvgIpc) is 1.68. The molecule has 516 valence electrons. The predicted octanol–water partition coefficient (Wildman–Crippen LogP) is 21.3. The molecule has 10 heterocycles. The number of halogens is 13. The molecule has 0 fully saturated rings. The molecular formula is C79H44ClF12N13. The number of aromatic amines is 3. The highest BCUT2D eigenvalue weighted by atomic mass is 35.5. The summed E-state index contributed by atoms with van der Waals surface area (Å²) >= 11 is 6.48. The van der Waals surface area contributed by atoms with Crippen molar-refractivity contribution in [1.29, 1.82) is 0 Å². The lowest BCUT2D eigenvalue weighted by Crippen LogP contribution is -2.08. The molecule has 18 aromatic rings. The van der Waals surface area contributed by atoms with Crippen molar-refractivity contribution in [2.24, 2.45) is 0 Å². The second-order valence-electron chi connectivity index (χ2n) is 24.1. The van der Waals surface area contributed by atoms with Crippen LogP contribution in [0.3, 0.4) is 0 Å². The van der Waals surface area contributed by atoms with E-state index in [1.165, 1.54) is 95.5 Å². The molecule has 0 saturated heterocycles. The normalized spacial score (nSPS) is 11.7. The van der Waals surface area contributed by atoms with Crippen LogP contribution < -0.4 is 0 Å². The molecule has 0 radical (unpaired) electrons. The Kier molecular flexibility index (Phi) is 16.7. The number of aromatic nitrogens is 13. The molecule has 105 heavy (non-hydrogen) atoms. The van der Waals surface area contributed by atoms with Crippen molar-refractivity contribution < 1.29 is 52.7 Å². The van der Waals surface area contributed by atoms with Crippen LogP contribution in [-0.4, -0.2) is 63.0 Å². The number of hydrogen-bond donors (Lipinski definition) is 3. The summed E-state index contributed by atoms with van der Waals surface area (Å²) < 4.78 is 172. The van der Waals surface area contributed by atoms with Crippen LogP contribution in [0, 0.1) is 59.3 Å². The average molecular weight is 1440 g/mol. The Morgan fingerprint density at radius 2 is 0.705 bits per heavy atom. The third-order valence-electron chi connectivity index (χ3n) is 17.7. The number of nitrogens with zero attached hydrogens (tertiary/aromatic N) is 10. The molecule has 0 saturated carbocycles. The van der Waals surface area contributed by atoms with Gasteiger partial charge in [-0.3, -0.25) is 18.2 Å². The lowest BCUT2D eigenvalue weighted by atomic mass is 9.98. The summed E-state index contributed by atoms with van der Waals surface area (Å²) in [6.07, 6.45) is 6.85. The Bertz CT molecular complexity index is 6230. The minimum atomic E-state index is -4.68. The van der Waals surface area contributed by atoms with E-state index in [1.807, 2.05) is 49.4 Å². The van der Waals surface area contributed by atoms with E-state index in [1.54, 1.807) is 76.3 Å². The highest BCUT2D eigenvalue weighted by Crippen LogP contribution is 2.42. The number of benzene rings is 8. The molecule has 0 aliphatic rings. The number of rotatable bonds is 9. The summed E-state index contributed by atoms with van der Waals surface area (Å²) in [5.74, 6) is -5.34. The number of hydrogen-bond acceptors (Lipinski definition) is 7. The number of fused-ring (bicyclic) bond motifs is 6. The Hall–Kier alpha value is -13.2. The first-order valence-electron chi connectivity index (χ1n) is 31.9. The van der Waals surface area contributed by atoms with E-state index in [0.29, 0.717) is 89.1 Å². The molecule has 13 nitrogen and oxygen atoms in total. The van der Waals surface area contributed by atoms with Crippen molar-refractivity contribution in [2.75, 3.05) is 0 Å². The third-order valence-corrected chi connectivity index (χ3v) is 18.0. The van der Waals surface area contributed by atoms with Crippen LogP contribution in [-0.2, 0) is 6.18 Å². The number of aryl methyl sites for hydroxylation is 1. The zero-order valence-electron chi connectivity index (χ0n) is 53.8. The van der Waals surface area contributed by atoms with Crippen LogP contribution in [0.15, 0.2) is 231 Å². The zero-order valence-corrected chi connectivity index (χ0v) is 54.6. The molecule has 0 unspecified atom stereocenters. The van der Waals surface area contributed by atoms with Crippen LogP contribution in [0.2, 0.25) is 5.02 Å². The lowest BCUT2D eigenvalue weighted by molar-refractivity contribution is -0.137. The molecule has 8 aromatic carbocycles. The van der Waals surface area contributed by atoms with E-state index in [4.69, 9.17) is 11.6 Å². The summed E-state index contributed by atoms with van der Waals surface area (Å²) in [5, 5.41) is 0.478. The smallest absolute Gasteiger partial charge is 0.338 e. The van der Waals surface area contributed by atoms with Crippen molar-refractivity contribution in [3.8, 4) is 102 Å². The van der Waals surface area contributed by atoms with E-state index < -0.39 is 52.5 Å². The van der Waals surface area contributed by atoms with E-state index >= 15 is 0 Å². The zero-order chi connectivity index (χ0) is 72.7. The summed E-state index contributed by atoms with van der Waals surface area (Å²) in [5.41, 5.74) is 10.2. The predicted molar refractivity (Wildman–Crippen MR) is 376 cm³/mol. The quantitative estimate of drug-likeness (QED) is 0.122. The van der Waals surface area contributed by atoms with Gasteiger partial charge < -0.3 is 15.0 Å². The van der Waals surface area contributed by atoms with Crippen molar-refractivity contribution in [3.63, 3.8) is 0 Å². The van der Waals surface area contributed by atoms with Crippen molar-refractivity contribution in [1.82, 2.24) is 63.0 Å². The Balaban J connectivity index is 0.000000121. The first-order chi connectivity index (χ1) is 50.7. The highest BCUT2D eigenvalue weighted by Gasteiger charge is 2.35. The Morgan fingerprint density at radius 1 is 0.343 bits per heavy atom. The Labute approximate surface area is 589 Å². The number of alkyl halides is 3. The molecule has 0 amide bonds. The minimum absolute atomic E-state index is 0.0558. The molecule has 0 aliphatic heterocycles. The van der Waals surface area contributed by atoms with Crippen LogP contribution >= 0.6 is 11.6 Å². The van der Waals surface area contributed by atoms with Crippen LogP contribution in [0.5, 0.6) is 0 Å². The van der Waals surface area contributed by atoms with E-state index in [9.17, 15) is 52.7 Å². The van der Waals surface area contributed by atoms with E-state index in [0.717, 1.165) is 63.8 Å². The van der Waals surface area contributed by atoms with E-state index in [-0.39, 0.29) is 51.1 Å². The van der Waals surface area contributed by atoms with Gasteiger partial charge in [-0.2, -0.15) is 13.2 Å². The van der Waals surface area contributed by atoms with Gasteiger partial charge in [0.25, 0.3) is 0 Å². The fourth-order valence-electron chi connectivity index (χ4n) is 12.7. The van der Waals surface area contributed by atoms with Crippen LogP contribution in [0.1, 0.15) is 11.3 Å². The molecule has 3 N–H and O–H groups in total. The number of pyridine rings is 4. The van der Waals surface area contributed by atoms with Gasteiger partial charge in [-0.25, -0.2) is 69.4 Å². The molecule has 26 heteroatoms. The van der Waals surface area contributed by atoms with Gasteiger partial charge >= 0.3 is 6.18 Å². The topological polar surface area (TPSA) is 151 Å². The number of H-pyrrole nitrogens is 3. The number of imidazole rings is 6. The van der Waals surface area contributed by atoms with E-state index in [2.05, 4.69) is 49.8 Å². The highest BCUT2D eigenvalue weighted by molar-refractivity contribution is 6.33. The third kappa shape index (κ3) is 12.3. The molecule has 18 rings (SSSR count). The second kappa shape index (κ2) is 26.3. The second-order valence-corrected chi connectivity index (χ2v) is 24.5. The largest absolute Gasteiger partial charge is 0.417 e. The molecular weight excluding hydrogens is 1390 g/mol. The summed E-state index contributed by atoms with van der Waals surface area (Å²) in [4.78, 5) is 39.9. The maximum absolute atomic E-state index is 14.5. The van der Waals surface area contributed by atoms with Crippen LogP contribution in [0.4, 0.5) is 52.7 Å². The first-order valence-corrected chi connectivity index (χ1v) is 32.2. The van der Waals surface area contributed by atoms with Gasteiger partial charge in [0.05, 0.1) is 95.5 Å². The van der Waals surface area contributed by atoms with Crippen LogP contribution in [0.25, 0.3) is 151 Å². The molecule has 0 spiro atoms. The summed E-state index contributed by atoms with van der Waals surface area (Å²) in [7, 11) is 0. The minimum Gasteiger partial charge on any atom is -0.338 e. The van der Waals surface area contributed by atoms with Gasteiger partial charge in [0.1, 0.15) is 52.4 Å². The monoisotopic (exact) mass is 1440 g/mol. The fraction of sp³-hybridized carbons (Fsp3) is 0.0253. The van der Waals surface area contributed by atoms with Crippen molar-refractivity contribution in [2.45, 2.75) is 13.1 Å². The lowest BCUT2D eigenvalue weighted by Gasteiger charge is -2.14. The molecule has 0 atom stereocenters. The van der Waals surface area contributed by atoms with Crippen molar-refractivity contribution >= 4 is 61.3 Å². The summed E-state index contributed by atoms with van der Waals surface area (Å²) in [6, 6.07) is 46.0. The Morgan fingerprint density at radius 3 is 1.12 bits per heavy atom. The maximum Gasteiger partial charge on any atom is 0.417 e. The summed E-state index contributed by atoms with van der Waals surface area (Å²) in [6.45, 7) is 1.87. The van der Waals surface area contributed by atoms with Gasteiger partial charge in [-0.05, 0) is 158 Å². The standard InChI is InChI=1S/C27H14F6N4.C26H14ClF3N4.C26H16F3N5/c28-15-7-9-21-22(12-15)36-25(35-21)18-11-14(6-8-19(18)27(31,32)33)16-4-2-10-37-23(16)13-34-26(37)17-3-1-5-20(29)24(17)30;27-19-8-6-14(11-18(19)25-32-21-9-7-15(28)12-22(21)33-25)16-4-2-10-34-23(16)13-31-26(34)17-3-1-5-20(29)24(17)30;1-14-19(25-32-21-8-7-16(27)11-22(21)33-25)10-15(12-30-14)17-5-3-9-34-23(17)13-31-26(34)18-4-2-6-20(28)24(18)29/h1-13H,(H,35,36);1-13H,(H,32,33);2-13H,1H3,(H,32,33). The fourth-order valence-corrected chi connectivity index (χ4v) is 12.9. The van der Waals surface area contributed by atoms with Gasteiger partial charge in [0.2, 0.25) is 0 Å². The maximum atomic E-state index is 14.5. The molecule has 0 aliphatic carbocycles. The van der Waals surface area contributed by atoms with Gasteiger partial charge in [-0.15, -0.1) is 0 Å². The van der Waals surface area contributed by atoms with Crippen molar-refractivity contribution in [3.05, 3.63) is 300 Å². The van der Waals surface area contributed by atoms with Gasteiger partial charge in [-0.1, -0.05) is 60.1 Å². The molecule has 10 aromatic heterocycles. The van der Waals surface area contributed by atoms with Gasteiger partial charge in [0.15, 0.2) is 34.9 Å². The SMILES string of the molecule is Cc1ncc(-c2cccn3c(-c4cccc(F)c4F)ncc23)cc1-c1nc2ccc(F)cc2[nH]1.Fc1ccc2nc(-c3cc(-c4cccn5c(-c6cccc(F)c6F)ncc45)ccc3C(F)(F)F)[nH]c2c1.Fc1ccc2nc(-c3cc(-c4cccn5c(-c6cccc(F)c6F)ncc45)ccc3Cl)[nH]c2c1.